The molecule has 1 unspecified atom stereocenters. The highest BCUT2D eigenvalue weighted by Gasteiger charge is 2.43. The zero-order chi connectivity index (χ0) is 27.1. The Labute approximate surface area is 216 Å². The SMILES string of the molecule is CCN1C(=O)CO[C@H](C(=O)Nc2cccc3c(=O)n(C4CCC(=O)NC4=O)c(C)nc23)[C@H]1c1nccn1C. The summed E-state index contributed by atoms with van der Waals surface area (Å²) in [5.41, 5.74) is 0.0746. The van der Waals surface area contributed by atoms with Gasteiger partial charge in [-0.05, 0) is 32.4 Å². The van der Waals surface area contributed by atoms with E-state index in [9.17, 15) is 24.0 Å². The van der Waals surface area contributed by atoms with E-state index in [1.165, 1.54) is 4.57 Å². The predicted molar refractivity (Wildman–Crippen MR) is 134 cm³/mol. The van der Waals surface area contributed by atoms with Gasteiger partial charge in [-0.1, -0.05) is 6.07 Å². The highest BCUT2D eigenvalue weighted by atomic mass is 16.5. The summed E-state index contributed by atoms with van der Waals surface area (Å²) in [5, 5.41) is 5.29. The highest BCUT2D eigenvalue weighted by molar-refractivity contribution is 6.03. The zero-order valence-electron chi connectivity index (χ0n) is 21.1. The Kier molecular flexibility index (Phi) is 6.53. The van der Waals surface area contributed by atoms with Crippen LogP contribution in [-0.2, 0) is 31.0 Å². The Morgan fingerprint density at radius 3 is 2.71 bits per heavy atom. The molecule has 3 aromatic rings. The molecule has 0 aliphatic carbocycles. The largest absolute Gasteiger partial charge is 0.356 e. The molecule has 4 heterocycles. The number of carbonyl (C=O) groups is 4. The van der Waals surface area contributed by atoms with Gasteiger partial charge in [-0.25, -0.2) is 9.97 Å². The van der Waals surface area contributed by atoms with Crippen LogP contribution < -0.4 is 16.2 Å². The van der Waals surface area contributed by atoms with Crippen molar-refractivity contribution >= 4 is 40.2 Å². The number of aryl methyl sites for hydroxylation is 2. The molecule has 3 atom stereocenters. The van der Waals surface area contributed by atoms with Crippen molar-refractivity contribution < 1.29 is 23.9 Å². The molecule has 0 saturated carbocycles. The minimum Gasteiger partial charge on any atom is -0.356 e. The number of nitrogens with zero attached hydrogens (tertiary/aromatic N) is 5. The van der Waals surface area contributed by atoms with E-state index >= 15 is 0 Å². The molecule has 2 saturated heterocycles. The molecule has 2 aromatic heterocycles. The van der Waals surface area contributed by atoms with Crippen molar-refractivity contribution in [2.24, 2.45) is 7.05 Å². The fraction of sp³-hybridized carbons (Fsp3) is 0.400. The number of rotatable bonds is 5. The fourth-order valence-electron chi connectivity index (χ4n) is 5.11. The zero-order valence-corrected chi connectivity index (χ0v) is 21.1. The van der Waals surface area contributed by atoms with Crippen LogP contribution in [0.4, 0.5) is 5.69 Å². The lowest BCUT2D eigenvalue weighted by Crippen LogP contribution is -2.53. The minimum atomic E-state index is -1.06. The summed E-state index contributed by atoms with van der Waals surface area (Å²) in [4.78, 5) is 74.0. The second kappa shape index (κ2) is 9.82. The molecule has 2 aliphatic heterocycles. The van der Waals surface area contributed by atoms with E-state index in [1.54, 1.807) is 54.0 Å². The molecule has 13 heteroatoms. The van der Waals surface area contributed by atoms with E-state index in [4.69, 9.17) is 4.74 Å². The Morgan fingerprint density at radius 1 is 1.24 bits per heavy atom. The number of para-hydroxylation sites is 1. The van der Waals surface area contributed by atoms with Crippen LogP contribution in [-0.4, -0.2) is 66.9 Å². The van der Waals surface area contributed by atoms with Crippen molar-refractivity contribution in [1.82, 2.24) is 29.3 Å². The normalized spacial score (nSPS) is 22.0. The van der Waals surface area contributed by atoms with Gasteiger partial charge in [-0.15, -0.1) is 0 Å². The van der Waals surface area contributed by atoms with Crippen molar-refractivity contribution in [1.29, 1.82) is 0 Å². The summed E-state index contributed by atoms with van der Waals surface area (Å²) in [5.74, 6) is -0.943. The molecular weight excluding hydrogens is 494 g/mol. The van der Waals surface area contributed by atoms with E-state index in [2.05, 4.69) is 20.6 Å². The van der Waals surface area contributed by atoms with Gasteiger partial charge in [-0.3, -0.25) is 33.9 Å². The Balaban J connectivity index is 1.50. The number of hydrogen-bond donors (Lipinski definition) is 2. The number of aromatic nitrogens is 4. The number of piperidine rings is 1. The third-order valence-corrected chi connectivity index (χ3v) is 6.94. The van der Waals surface area contributed by atoms with E-state index in [0.717, 1.165) is 0 Å². The topological polar surface area (TPSA) is 158 Å². The highest BCUT2D eigenvalue weighted by Crippen LogP contribution is 2.31. The number of benzene rings is 1. The lowest BCUT2D eigenvalue weighted by molar-refractivity contribution is -0.162. The minimum absolute atomic E-state index is 0.117. The first kappa shape index (κ1) is 25.3. The number of carbonyl (C=O) groups excluding carboxylic acids is 4. The van der Waals surface area contributed by atoms with Gasteiger partial charge in [0.1, 0.15) is 35.9 Å². The van der Waals surface area contributed by atoms with Crippen molar-refractivity contribution in [3.05, 3.63) is 52.6 Å². The van der Waals surface area contributed by atoms with Gasteiger partial charge >= 0.3 is 0 Å². The van der Waals surface area contributed by atoms with E-state index in [-0.39, 0.29) is 53.7 Å². The standard InChI is InChI=1S/C25H27N7O6/c1-4-31-18(34)12-38-21(20(31)22-26-10-11-30(22)3)24(36)28-15-7-5-6-14-19(15)27-13(2)32(25(14)37)16-8-9-17(33)29-23(16)35/h5-7,10-11,16,20-21H,4,8-9,12H2,1-3H3,(H,28,36)(H,29,33,35)/t16?,20-,21-/m0/s1. The molecule has 1 aromatic carbocycles. The first-order chi connectivity index (χ1) is 18.2. The monoisotopic (exact) mass is 521 g/mol. The maximum absolute atomic E-state index is 13.5. The third kappa shape index (κ3) is 4.24. The lowest BCUT2D eigenvalue weighted by Gasteiger charge is -2.39. The van der Waals surface area contributed by atoms with Crippen LogP contribution in [0.5, 0.6) is 0 Å². The molecule has 0 radical (unpaired) electrons. The lowest BCUT2D eigenvalue weighted by atomic mass is 10.0. The summed E-state index contributed by atoms with van der Waals surface area (Å²) < 4.78 is 8.72. The van der Waals surface area contributed by atoms with Crippen LogP contribution in [0.3, 0.4) is 0 Å². The maximum atomic E-state index is 13.5. The summed E-state index contributed by atoms with van der Waals surface area (Å²) in [6.07, 6.45) is 2.56. The van der Waals surface area contributed by atoms with E-state index in [0.29, 0.717) is 12.4 Å². The molecule has 2 fully saturated rings. The molecule has 13 nitrogen and oxygen atoms in total. The van der Waals surface area contributed by atoms with Gasteiger partial charge in [0.2, 0.25) is 17.7 Å². The van der Waals surface area contributed by atoms with Crippen LogP contribution in [0.15, 0.2) is 35.4 Å². The molecule has 4 amide bonds. The average Bonchev–Trinajstić information content (AvgIpc) is 3.30. The number of fused-ring (bicyclic) bond motifs is 1. The molecule has 2 N–H and O–H groups in total. The van der Waals surface area contributed by atoms with E-state index in [1.807, 2.05) is 6.92 Å². The molecule has 38 heavy (non-hydrogen) atoms. The third-order valence-electron chi connectivity index (χ3n) is 6.94. The van der Waals surface area contributed by atoms with Gasteiger partial charge in [0, 0.05) is 32.4 Å². The number of ether oxygens (including phenoxy) is 1. The number of nitrogens with one attached hydrogen (secondary N) is 2. The van der Waals surface area contributed by atoms with Crippen molar-refractivity contribution in [2.45, 2.75) is 44.9 Å². The van der Waals surface area contributed by atoms with Crippen LogP contribution in [0, 0.1) is 6.92 Å². The van der Waals surface area contributed by atoms with E-state index < -0.39 is 35.6 Å². The van der Waals surface area contributed by atoms with Gasteiger partial charge < -0.3 is 19.5 Å². The Hall–Kier alpha value is -4.39. The number of imidazole rings is 1. The van der Waals surface area contributed by atoms with Crippen molar-refractivity contribution in [3.8, 4) is 0 Å². The van der Waals surface area contributed by atoms with Crippen LogP contribution >= 0.6 is 0 Å². The molecule has 0 spiro atoms. The number of imide groups is 1. The second-order valence-corrected chi connectivity index (χ2v) is 9.24. The first-order valence-corrected chi connectivity index (χ1v) is 12.3. The first-order valence-electron chi connectivity index (χ1n) is 12.3. The van der Waals surface area contributed by atoms with Crippen LogP contribution in [0.2, 0.25) is 0 Å². The van der Waals surface area contributed by atoms with Crippen molar-refractivity contribution in [2.75, 3.05) is 18.5 Å². The molecule has 5 rings (SSSR count). The van der Waals surface area contributed by atoms with Gasteiger partial charge in [0.15, 0.2) is 6.10 Å². The number of amides is 4. The summed E-state index contributed by atoms with van der Waals surface area (Å²) >= 11 is 0. The summed E-state index contributed by atoms with van der Waals surface area (Å²) in [6, 6.07) is 3.17. The fourth-order valence-corrected chi connectivity index (χ4v) is 5.11. The quantitative estimate of drug-likeness (QED) is 0.455. The second-order valence-electron chi connectivity index (χ2n) is 9.24. The smallest absolute Gasteiger partial charge is 0.262 e. The predicted octanol–water partition coefficient (Wildman–Crippen LogP) is 0.343. The number of anilines is 1. The number of hydrogen-bond acceptors (Lipinski definition) is 8. The van der Waals surface area contributed by atoms with Crippen LogP contribution in [0.25, 0.3) is 10.9 Å². The maximum Gasteiger partial charge on any atom is 0.262 e. The molecular formula is C25H27N7O6. The molecule has 198 valence electrons. The van der Waals surface area contributed by atoms with Gasteiger partial charge in [-0.2, -0.15) is 0 Å². The molecule has 0 bridgehead atoms. The average molecular weight is 522 g/mol. The van der Waals surface area contributed by atoms with Gasteiger partial charge in [0.05, 0.1) is 11.1 Å². The van der Waals surface area contributed by atoms with Gasteiger partial charge in [0.25, 0.3) is 11.5 Å². The Morgan fingerprint density at radius 2 is 2.03 bits per heavy atom. The van der Waals surface area contributed by atoms with Crippen LogP contribution in [0.1, 0.15) is 43.5 Å². The Bertz CT molecular complexity index is 1530. The number of likely N-dealkylation sites (N-methyl/N-ethyl adjacent to an activating group) is 1. The number of morpholine rings is 1. The van der Waals surface area contributed by atoms with Crippen molar-refractivity contribution in [3.63, 3.8) is 0 Å². The summed E-state index contributed by atoms with van der Waals surface area (Å²) in [6.45, 7) is 3.52. The molecule has 2 aliphatic rings. The summed E-state index contributed by atoms with van der Waals surface area (Å²) in [7, 11) is 1.77.